The van der Waals surface area contributed by atoms with Crippen molar-refractivity contribution in [1.82, 2.24) is 9.88 Å². The fraction of sp³-hybridized carbons (Fsp3) is 0.364. The van der Waals surface area contributed by atoms with Gasteiger partial charge in [0, 0.05) is 24.6 Å². The number of fused-ring (bicyclic) bond motifs is 1. The van der Waals surface area contributed by atoms with Crippen LogP contribution in [0.25, 0.3) is 0 Å². The minimum absolute atomic E-state index is 0.0789. The first-order chi connectivity index (χ1) is 9.40. The van der Waals surface area contributed by atoms with Crippen LogP contribution in [-0.4, -0.2) is 45.3 Å². The maximum atomic E-state index is 12.1. The summed E-state index contributed by atoms with van der Waals surface area (Å²) in [4.78, 5) is 26.8. The number of pyridine rings is 1. The monoisotopic (exact) mass is 288 g/mol. The highest BCUT2D eigenvalue weighted by Gasteiger charge is 2.36. The van der Waals surface area contributed by atoms with Crippen molar-refractivity contribution in [2.75, 3.05) is 6.54 Å². The molecular formula is C11H10F2N2O5. The molecule has 2 N–H and O–H groups in total. The Kier molecular flexibility index (Phi) is 3.68. The molecule has 1 aliphatic heterocycles. The highest BCUT2D eigenvalue weighted by Crippen LogP contribution is 2.30. The van der Waals surface area contributed by atoms with Gasteiger partial charge in [-0.25, -0.2) is 14.6 Å². The summed E-state index contributed by atoms with van der Waals surface area (Å²) < 4.78 is 28.3. The van der Waals surface area contributed by atoms with Gasteiger partial charge in [-0.05, 0) is 6.07 Å². The van der Waals surface area contributed by atoms with Crippen molar-refractivity contribution in [2.45, 2.75) is 19.1 Å². The van der Waals surface area contributed by atoms with E-state index in [0.717, 1.165) is 11.0 Å². The van der Waals surface area contributed by atoms with Crippen LogP contribution in [0, 0.1) is 0 Å². The van der Waals surface area contributed by atoms with E-state index in [0.29, 0.717) is 0 Å². The van der Waals surface area contributed by atoms with Crippen LogP contribution in [-0.2, 0) is 11.2 Å². The number of nitrogens with zero attached hydrogens (tertiary/aromatic N) is 2. The molecular weight excluding hydrogens is 278 g/mol. The average molecular weight is 288 g/mol. The predicted octanol–water partition coefficient (Wildman–Crippen LogP) is 1.34. The minimum atomic E-state index is -3.03. The van der Waals surface area contributed by atoms with E-state index in [9.17, 15) is 18.4 Å². The van der Waals surface area contributed by atoms with Crippen LogP contribution in [0.2, 0.25) is 0 Å². The fourth-order valence-electron chi connectivity index (χ4n) is 2.09. The molecule has 9 heteroatoms. The van der Waals surface area contributed by atoms with Crippen molar-refractivity contribution >= 4 is 12.1 Å². The van der Waals surface area contributed by atoms with Gasteiger partial charge >= 0.3 is 18.7 Å². The van der Waals surface area contributed by atoms with Crippen LogP contribution >= 0.6 is 0 Å². The van der Waals surface area contributed by atoms with Crippen molar-refractivity contribution in [3.8, 4) is 5.88 Å². The number of hydrogen-bond donors (Lipinski definition) is 2. The van der Waals surface area contributed by atoms with Crippen LogP contribution in [0.15, 0.2) is 12.1 Å². The van der Waals surface area contributed by atoms with Crippen LogP contribution in [0.1, 0.15) is 17.3 Å². The molecule has 0 spiro atoms. The number of rotatable bonds is 3. The largest absolute Gasteiger partial charge is 0.479 e. The zero-order chi connectivity index (χ0) is 14.9. The highest BCUT2D eigenvalue weighted by atomic mass is 19.3. The molecule has 0 aliphatic carbocycles. The lowest BCUT2D eigenvalue weighted by Crippen LogP contribution is -2.43. The van der Waals surface area contributed by atoms with Gasteiger partial charge in [0.25, 0.3) is 0 Å². The standard InChI is InChI=1S/C11H10F2N2O5/c12-10(13)20-7-2-1-5-6(14-7)3-4-15(11(18)19)8(5)9(16)17/h1-2,8,10H,3-4H2,(H,16,17)(H,18,19). The Balaban J connectivity index is 2.38. The first-order valence-corrected chi connectivity index (χ1v) is 5.57. The molecule has 2 rings (SSSR count). The number of halogens is 2. The van der Waals surface area contributed by atoms with E-state index in [-0.39, 0.29) is 30.1 Å². The smallest absolute Gasteiger partial charge is 0.408 e. The Morgan fingerprint density at radius 2 is 2.10 bits per heavy atom. The number of amides is 1. The summed E-state index contributed by atoms with van der Waals surface area (Å²) in [6.07, 6.45) is -1.23. The summed E-state index contributed by atoms with van der Waals surface area (Å²) in [5, 5.41) is 18.1. The fourth-order valence-corrected chi connectivity index (χ4v) is 2.09. The Morgan fingerprint density at radius 3 is 2.65 bits per heavy atom. The molecule has 2 heterocycles. The summed E-state index contributed by atoms with van der Waals surface area (Å²) in [6.45, 7) is -3.11. The average Bonchev–Trinajstić information content (AvgIpc) is 2.35. The molecule has 7 nitrogen and oxygen atoms in total. The molecule has 0 aromatic carbocycles. The maximum Gasteiger partial charge on any atom is 0.408 e. The van der Waals surface area contributed by atoms with Gasteiger partial charge in [0.1, 0.15) is 0 Å². The highest BCUT2D eigenvalue weighted by molar-refractivity contribution is 5.81. The third-order valence-electron chi connectivity index (χ3n) is 2.87. The number of aromatic nitrogens is 1. The number of carboxylic acids is 1. The first kappa shape index (κ1) is 14.0. The molecule has 1 aromatic rings. The molecule has 1 aliphatic rings. The summed E-state index contributed by atoms with van der Waals surface area (Å²) in [6, 6.07) is 0.935. The van der Waals surface area contributed by atoms with Crippen LogP contribution < -0.4 is 4.74 Å². The molecule has 1 aromatic heterocycles. The molecule has 0 bridgehead atoms. The minimum Gasteiger partial charge on any atom is -0.479 e. The maximum absolute atomic E-state index is 12.1. The van der Waals surface area contributed by atoms with Gasteiger partial charge in [0.05, 0.1) is 5.69 Å². The lowest BCUT2D eigenvalue weighted by atomic mass is 9.97. The normalized spacial score (nSPS) is 17.8. The molecule has 20 heavy (non-hydrogen) atoms. The third kappa shape index (κ3) is 2.60. The SMILES string of the molecule is O=C(O)C1c2ccc(OC(F)F)nc2CCN1C(=O)O. The van der Waals surface area contributed by atoms with Crippen molar-refractivity contribution in [3.63, 3.8) is 0 Å². The molecule has 1 amide bonds. The zero-order valence-corrected chi connectivity index (χ0v) is 9.99. The van der Waals surface area contributed by atoms with E-state index in [1.54, 1.807) is 0 Å². The van der Waals surface area contributed by atoms with Crippen LogP contribution in [0.4, 0.5) is 13.6 Å². The molecule has 0 saturated heterocycles. The number of carbonyl (C=O) groups is 2. The predicted molar refractivity (Wildman–Crippen MR) is 59.7 cm³/mol. The van der Waals surface area contributed by atoms with Gasteiger partial charge in [0.15, 0.2) is 6.04 Å². The topological polar surface area (TPSA) is 100.0 Å². The lowest BCUT2D eigenvalue weighted by Gasteiger charge is -2.32. The van der Waals surface area contributed by atoms with Crippen molar-refractivity contribution in [2.24, 2.45) is 0 Å². The summed E-state index contributed by atoms with van der Waals surface area (Å²) in [5.74, 6) is -1.68. The van der Waals surface area contributed by atoms with E-state index in [2.05, 4.69) is 9.72 Å². The molecule has 0 fully saturated rings. The van der Waals surface area contributed by atoms with Gasteiger partial charge < -0.3 is 14.9 Å². The van der Waals surface area contributed by atoms with E-state index in [1.165, 1.54) is 6.07 Å². The molecule has 0 radical (unpaired) electrons. The Morgan fingerprint density at radius 1 is 1.40 bits per heavy atom. The van der Waals surface area contributed by atoms with E-state index in [4.69, 9.17) is 10.2 Å². The molecule has 1 atom stereocenters. The van der Waals surface area contributed by atoms with Gasteiger partial charge in [-0.3, -0.25) is 4.90 Å². The second-order valence-electron chi connectivity index (χ2n) is 4.03. The summed E-state index contributed by atoms with van der Waals surface area (Å²) in [7, 11) is 0. The number of aliphatic carboxylic acids is 1. The number of alkyl halides is 2. The van der Waals surface area contributed by atoms with E-state index in [1.807, 2.05) is 0 Å². The molecule has 1 unspecified atom stereocenters. The summed E-state index contributed by atoms with van der Waals surface area (Å²) >= 11 is 0. The van der Waals surface area contributed by atoms with Crippen molar-refractivity contribution in [1.29, 1.82) is 0 Å². The van der Waals surface area contributed by atoms with E-state index < -0.39 is 24.7 Å². The van der Waals surface area contributed by atoms with E-state index >= 15 is 0 Å². The Hall–Kier alpha value is -2.45. The van der Waals surface area contributed by atoms with Gasteiger partial charge in [-0.2, -0.15) is 8.78 Å². The molecule has 0 saturated carbocycles. The van der Waals surface area contributed by atoms with Crippen molar-refractivity contribution < 1.29 is 33.3 Å². The lowest BCUT2D eigenvalue weighted by molar-refractivity contribution is -0.143. The van der Waals surface area contributed by atoms with Gasteiger partial charge in [-0.1, -0.05) is 0 Å². The van der Waals surface area contributed by atoms with Crippen molar-refractivity contribution in [3.05, 3.63) is 23.4 Å². The Bertz CT molecular complexity index is 552. The first-order valence-electron chi connectivity index (χ1n) is 5.57. The Labute approximate surface area is 111 Å². The number of hydrogen-bond acceptors (Lipinski definition) is 4. The zero-order valence-electron chi connectivity index (χ0n) is 9.99. The molecule has 108 valence electrons. The number of ether oxygens (including phenoxy) is 1. The quantitative estimate of drug-likeness (QED) is 0.870. The third-order valence-corrected chi connectivity index (χ3v) is 2.87. The summed E-state index contributed by atoms with van der Waals surface area (Å²) in [5.41, 5.74) is 0.404. The van der Waals surface area contributed by atoms with Gasteiger partial charge in [0.2, 0.25) is 5.88 Å². The number of carboxylic acid groups (broad SMARTS) is 2. The van der Waals surface area contributed by atoms with Crippen LogP contribution in [0.5, 0.6) is 5.88 Å². The van der Waals surface area contributed by atoms with Gasteiger partial charge in [-0.15, -0.1) is 0 Å². The second kappa shape index (κ2) is 5.27. The van der Waals surface area contributed by atoms with Crippen LogP contribution in [0.3, 0.4) is 0 Å². The second-order valence-corrected chi connectivity index (χ2v) is 4.03.